The number of ether oxygens (including phenoxy) is 1. The fourth-order valence-corrected chi connectivity index (χ4v) is 1.59. The fraction of sp³-hybridized carbons (Fsp3) is 0.400. The summed E-state index contributed by atoms with van der Waals surface area (Å²) in [5, 5.41) is 16.6. The Bertz CT molecular complexity index is 541. The highest BCUT2D eigenvalue weighted by Crippen LogP contribution is 2.15. The molecule has 8 nitrogen and oxygen atoms in total. The fourth-order valence-electron chi connectivity index (χ4n) is 1.59. The molecule has 18 heavy (non-hydrogen) atoms. The zero-order valence-corrected chi connectivity index (χ0v) is 9.85. The Morgan fingerprint density at radius 2 is 2.44 bits per heavy atom. The van der Waals surface area contributed by atoms with Gasteiger partial charge in [-0.2, -0.15) is 0 Å². The predicted molar refractivity (Wildman–Crippen MR) is 62.5 cm³/mol. The monoisotopic (exact) mass is 251 g/mol. The van der Waals surface area contributed by atoms with Gasteiger partial charge in [-0.05, 0) is 0 Å². The van der Waals surface area contributed by atoms with E-state index >= 15 is 0 Å². The first-order valence-corrected chi connectivity index (χ1v) is 5.32. The van der Waals surface area contributed by atoms with E-state index in [0.717, 1.165) is 0 Å². The second-order valence-electron chi connectivity index (χ2n) is 3.62. The van der Waals surface area contributed by atoms with Gasteiger partial charge >= 0.3 is 5.97 Å². The molecule has 0 saturated heterocycles. The number of fused-ring (bicyclic) bond motifs is 1. The van der Waals surface area contributed by atoms with Gasteiger partial charge < -0.3 is 14.7 Å². The van der Waals surface area contributed by atoms with E-state index in [1.165, 1.54) is 6.33 Å². The molecule has 2 aromatic rings. The quantitative estimate of drug-likeness (QED) is 0.750. The lowest BCUT2D eigenvalue weighted by molar-refractivity contribution is -0.135. The number of carbonyl (C=O) groups is 1. The molecule has 0 spiro atoms. The average molecular weight is 251 g/mol. The lowest BCUT2D eigenvalue weighted by Gasteiger charge is -2.21. The van der Waals surface area contributed by atoms with Crippen molar-refractivity contribution in [1.29, 1.82) is 0 Å². The van der Waals surface area contributed by atoms with Crippen LogP contribution in [0.4, 0.5) is 5.82 Å². The highest BCUT2D eigenvalue weighted by atomic mass is 16.5. The minimum Gasteiger partial charge on any atom is -0.480 e. The molecule has 2 heterocycles. The second-order valence-corrected chi connectivity index (χ2v) is 3.62. The van der Waals surface area contributed by atoms with Gasteiger partial charge in [0.1, 0.15) is 12.9 Å². The van der Waals surface area contributed by atoms with E-state index in [0.29, 0.717) is 24.6 Å². The first-order valence-electron chi connectivity index (χ1n) is 5.32. The van der Waals surface area contributed by atoms with Crippen molar-refractivity contribution >= 4 is 17.4 Å². The standard InChI is InChI=1S/C10H13N5O3/c1-18-5-4-14(6-8(16)17)9-10-13-12-7-15(10)3-2-11-9/h2-3,7H,4-6H2,1H3,(H,16,17). The van der Waals surface area contributed by atoms with E-state index in [1.807, 2.05) is 0 Å². The van der Waals surface area contributed by atoms with Gasteiger partial charge in [0.25, 0.3) is 0 Å². The molecule has 0 aliphatic heterocycles. The molecule has 0 aliphatic carbocycles. The first-order chi connectivity index (χ1) is 8.72. The van der Waals surface area contributed by atoms with Crippen molar-refractivity contribution in [2.75, 3.05) is 31.7 Å². The van der Waals surface area contributed by atoms with E-state index in [1.54, 1.807) is 28.8 Å². The number of carboxylic acid groups (broad SMARTS) is 1. The molecule has 2 aromatic heterocycles. The number of hydrogen-bond acceptors (Lipinski definition) is 6. The van der Waals surface area contributed by atoms with Crippen molar-refractivity contribution < 1.29 is 14.6 Å². The maximum absolute atomic E-state index is 10.9. The minimum atomic E-state index is -0.936. The van der Waals surface area contributed by atoms with Crippen molar-refractivity contribution in [3.8, 4) is 0 Å². The Hall–Kier alpha value is -2.22. The summed E-state index contributed by atoms with van der Waals surface area (Å²) in [6.07, 6.45) is 4.82. The number of nitrogens with zero attached hydrogens (tertiary/aromatic N) is 5. The molecule has 0 aromatic carbocycles. The average Bonchev–Trinajstić information content (AvgIpc) is 2.82. The molecule has 96 valence electrons. The van der Waals surface area contributed by atoms with E-state index in [9.17, 15) is 4.79 Å². The third-order valence-electron chi connectivity index (χ3n) is 2.39. The zero-order valence-electron chi connectivity index (χ0n) is 9.85. The number of carboxylic acids is 1. The Kier molecular flexibility index (Phi) is 3.68. The van der Waals surface area contributed by atoms with Crippen molar-refractivity contribution in [2.24, 2.45) is 0 Å². The van der Waals surface area contributed by atoms with Gasteiger partial charge in [0.2, 0.25) is 5.65 Å². The number of anilines is 1. The summed E-state index contributed by atoms with van der Waals surface area (Å²) in [4.78, 5) is 16.6. The van der Waals surface area contributed by atoms with Crippen LogP contribution in [0.25, 0.3) is 5.65 Å². The second kappa shape index (κ2) is 5.41. The lowest BCUT2D eigenvalue weighted by atomic mass is 10.4. The van der Waals surface area contributed by atoms with Crippen molar-refractivity contribution in [2.45, 2.75) is 0 Å². The Morgan fingerprint density at radius 1 is 1.61 bits per heavy atom. The largest absolute Gasteiger partial charge is 0.480 e. The van der Waals surface area contributed by atoms with Crippen LogP contribution in [0.3, 0.4) is 0 Å². The van der Waals surface area contributed by atoms with E-state index in [4.69, 9.17) is 9.84 Å². The van der Waals surface area contributed by atoms with Crippen LogP contribution in [0.5, 0.6) is 0 Å². The van der Waals surface area contributed by atoms with Crippen LogP contribution in [0.15, 0.2) is 18.7 Å². The molecule has 0 saturated carbocycles. The van der Waals surface area contributed by atoms with Gasteiger partial charge in [0.15, 0.2) is 5.82 Å². The van der Waals surface area contributed by atoms with Crippen molar-refractivity contribution in [3.63, 3.8) is 0 Å². The summed E-state index contributed by atoms with van der Waals surface area (Å²) in [6.45, 7) is 0.662. The number of rotatable bonds is 6. The summed E-state index contributed by atoms with van der Waals surface area (Å²) >= 11 is 0. The molecule has 8 heteroatoms. The SMILES string of the molecule is COCCN(CC(=O)O)c1nccn2cnnc12. The molecular weight excluding hydrogens is 238 g/mol. The molecule has 0 aliphatic rings. The number of aliphatic carboxylic acids is 1. The van der Waals surface area contributed by atoms with Gasteiger partial charge in [-0.3, -0.25) is 9.20 Å². The summed E-state index contributed by atoms with van der Waals surface area (Å²) in [6, 6.07) is 0. The van der Waals surface area contributed by atoms with Crippen LogP contribution in [-0.4, -0.2) is 57.5 Å². The summed E-state index contributed by atoms with van der Waals surface area (Å²) in [7, 11) is 1.56. The maximum atomic E-state index is 10.9. The third kappa shape index (κ3) is 2.54. The normalized spacial score (nSPS) is 10.7. The van der Waals surface area contributed by atoms with Crippen molar-refractivity contribution in [1.82, 2.24) is 19.6 Å². The molecule has 1 N–H and O–H groups in total. The van der Waals surface area contributed by atoms with Gasteiger partial charge in [-0.1, -0.05) is 0 Å². The Balaban J connectivity index is 2.33. The molecule has 0 radical (unpaired) electrons. The van der Waals surface area contributed by atoms with Crippen LogP contribution < -0.4 is 4.90 Å². The summed E-state index contributed by atoms with van der Waals surface area (Å²) in [5.74, 6) is -0.455. The maximum Gasteiger partial charge on any atom is 0.323 e. The van der Waals surface area contributed by atoms with E-state index in [2.05, 4.69) is 15.2 Å². The van der Waals surface area contributed by atoms with E-state index < -0.39 is 5.97 Å². The van der Waals surface area contributed by atoms with Crippen LogP contribution in [0.1, 0.15) is 0 Å². The molecule has 0 amide bonds. The minimum absolute atomic E-state index is 0.164. The van der Waals surface area contributed by atoms with Crippen LogP contribution in [0.2, 0.25) is 0 Å². The number of aromatic nitrogens is 4. The topological polar surface area (TPSA) is 92.8 Å². The zero-order chi connectivity index (χ0) is 13.0. The summed E-state index contributed by atoms with van der Waals surface area (Å²) in [5.41, 5.74) is 0.523. The third-order valence-corrected chi connectivity index (χ3v) is 2.39. The molecule has 0 fully saturated rings. The number of methoxy groups -OCH3 is 1. The van der Waals surface area contributed by atoms with Gasteiger partial charge in [0, 0.05) is 26.0 Å². The van der Waals surface area contributed by atoms with Crippen LogP contribution >= 0.6 is 0 Å². The Morgan fingerprint density at radius 3 is 3.17 bits per heavy atom. The van der Waals surface area contributed by atoms with Crippen LogP contribution in [-0.2, 0) is 9.53 Å². The van der Waals surface area contributed by atoms with E-state index in [-0.39, 0.29) is 6.54 Å². The van der Waals surface area contributed by atoms with Gasteiger partial charge in [-0.15, -0.1) is 10.2 Å². The van der Waals surface area contributed by atoms with Gasteiger partial charge in [-0.25, -0.2) is 4.98 Å². The predicted octanol–water partition coefficient (Wildman–Crippen LogP) is -0.338. The molecular formula is C10H13N5O3. The molecule has 0 unspecified atom stereocenters. The molecule has 2 rings (SSSR count). The lowest BCUT2D eigenvalue weighted by Crippen LogP contribution is -2.33. The highest BCUT2D eigenvalue weighted by Gasteiger charge is 2.16. The van der Waals surface area contributed by atoms with Gasteiger partial charge in [0.05, 0.1) is 6.61 Å². The smallest absolute Gasteiger partial charge is 0.323 e. The van der Waals surface area contributed by atoms with Crippen LogP contribution in [0, 0.1) is 0 Å². The summed E-state index contributed by atoms with van der Waals surface area (Å²) < 4.78 is 6.65. The first kappa shape index (κ1) is 12.2. The highest BCUT2D eigenvalue weighted by molar-refractivity contribution is 5.76. The molecule has 0 bridgehead atoms. The number of hydrogen-bond donors (Lipinski definition) is 1. The van der Waals surface area contributed by atoms with Crippen molar-refractivity contribution in [3.05, 3.63) is 18.7 Å². The Labute approximate surface area is 103 Å². The molecule has 0 atom stereocenters.